The Bertz CT molecular complexity index is 1360. The van der Waals surface area contributed by atoms with Crippen LogP contribution >= 0.6 is 0 Å². The predicted octanol–water partition coefficient (Wildman–Crippen LogP) is 6.32. The zero-order valence-electron chi connectivity index (χ0n) is 24.6. The van der Waals surface area contributed by atoms with E-state index in [0.717, 1.165) is 5.56 Å². The number of methoxy groups -OCH3 is 1. The summed E-state index contributed by atoms with van der Waals surface area (Å²) < 4.78 is 37.2. The maximum atomic E-state index is 14.1. The zero-order chi connectivity index (χ0) is 31.9. The van der Waals surface area contributed by atoms with E-state index < -0.39 is 23.7 Å². The number of rotatable bonds is 6. The fourth-order valence-electron chi connectivity index (χ4n) is 3.85. The van der Waals surface area contributed by atoms with Gasteiger partial charge in [-0.2, -0.15) is 13.2 Å². The minimum atomic E-state index is -5.08. The van der Waals surface area contributed by atoms with E-state index >= 15 is 0 Å². The summed E-state index contributed by atoms with van der Waals surface area (Å²) in [5, 5.41) is 10.2. The quantitative estimate of drug-likeness (QED) is 0.349. The van der Waals surface area contributed by atoms with Crippen LogP contribution in [0.2, 0.25) is 0 Å². The Labute approximate surface area is 243 Å². The molecule has 0 spiro atoms. The molecule has 0 bridgehead atoms. The lowest BCUT2D eigenvalue weighted by Gasteiger charge is -2.34. The molecule has 2 aromatic carbocycles. The molecule has 3 aromatic rings. The lowest BCUT2D eigenvalue weighted by molar-refractivity contribution is -0.192. The number of pyridine rings is 1. The first-order valence-electron chi connectivity index (χ1n) is 13.0. The van der Waals surface area contributed by atoms with Gasteiger partial charge in [0.25, 0.3) is 5.91 Å². The van der Waals surface area contributed by atoms with Gasteiger partial charge < -0.3 is 15.2 Å². The van der Waals surface area contributed by atoms with Gasteiger partial charge in [-0.05, 0) is 62.1 Å². The van der Waals surface area contributed by atoms with E-state index in [2.05, 4.69) is 31.1 Å². The molecular weight excluding hydrogens is 551 g/mol. The maximum Gasteiger partial charge on any atom is 0.490 e. The van der Waals surface area contributed by atoms with Crippen molar-refractivity contribution in [3.8, 4) is 5.75 Å². The number of aromatic nitrogens is 1. The summed E-state index contributed by atoms with van der Waals surface area (Å²) in [6.07, 6.45) is -1.81. The third-order valence-electron chi connectivity index (χ3n) is 5.82. The van der Waals surface area contributed by atoms with E-state index in [1.807, 2.05) is 57.2 Å². The van der Waals surface area contributed by atoms with Crippen LogP contribution in [0.3, 0.4) is 0 Å². The number of aliphatic carboxylic acids is 1. The predicted molar refractivity (Wildman–Crippen MR) is 154 cm³/mol. The summed E-state index contributed by atoms with van der Waals surface area (Å²) in [5.41, 5.74) is 2.16. The third-order valence-corrected chi connectivity index (χ3v) is 5.82. The highest BCUT2D eigenvalue weighted by atomic mass is 19.4. The molecule has 2 amide bonds. The Morgan fingerprint density at radius 1 is 0.905 bits per heavy atom. The largest absolute Gasteiger partial charge is 0.496 e. The third kappa shape index (κ3) is 9.32. The van der Waals surface area contributed by atoms with E-state index in [9.17, 15) is 22.8 Å². The highest BCUT2D eigenvalue weighted by molar-refractivity contribution is 6.11. The number of benzene rings is 2. The molecule has 8 nitrogen and oxygen atoms in total. The highest BCUT2D eigenvalue weighted by Crippen LogP contribution is 2.33. The average Bonchev–Trinajstić information content (AvgIpc) is 2.90. The molecule has 3 rings (SSSR count). The second-order valence-electron chi connectivity index (χ2n) is 11.4. The number of hydrogen-bond donors (Lipinski definition) is 2. The van der Waals surface area contributed by atoms with Crippen molar-refractivity contribution in [1.82, 2.24) is 10.3 Å². The summed E-state index contributed by atoms with van der Waals surface area (Å²) in [7, 11) is 1.53. The molecule has 226 valence electrons. The van der Waals surface area contributed by atoms with Crippen LogP contribution in [0.15, 0.2) is 73.1 Å². The number of amides is 2. The smallest absolute Gasteiger partial charge is 0.490 e. The Kier molecular flexibility index (Phi) is 10.9. The van der Waals surface area contributed by atoms with Crippen LogP contribution in [0.1, 0.15) is 69.1 Å². The molecule has 0 fully saturated rings. The molecule has 0 saturated carbocycles. The van der Waals surface area contributed by atoms with Crippen LogP contribution in [0.4, 0.5) is 18.9 Å². The summed E-state index contributed by atoms with van der Waals surface area (Å²) in [6.45, 7) is 12.1. The van der Waals surface area contributed by atoms with E-state index in [-0.39, 0.29) is 17.2 Å². The van der Waals surface area contributed by atoms with Gasteiger partial charge in [0.05, 0.1) is 12.7 Å². The molecule has 2 N–H and O–H groups in total. The second-order valence-corrected chi connectivity index (χ2v) is 11.4. The first-order chi connectivity index (χ1) is 19.4. The van der Waals surface area contributed by atoms with Crippen molar-refractivity contribution in [2.75, 3.05) is 12.0 Å². The van der Waals surface area contributed by atoms with Crippen molar-refractivity contribution in [3.05, 3.63) is 89.7 Å². The van der Waals surface area contributed by atoms with Crippen molar-refractivity contribution in [1.29, 1.82) is 0 Å². The van der Waals surface area contributed by atoms with Gasteiger partial charge >= 0.3 is 12.1 Å². The number of ether oxygens (including phenoxy) is 1. The van der Waals surface area contributed by atoms with Crippen LogP contribution in [0.5, 0.6) is 5.75 Å². The minimum Gasteiger partial charge on any atom is -0.496 e. The Hall–Kier alpha value is -4.41. The molecular formula is C31H36F3N3O5. The summed E-state index contributed by atoms with van der Waals surface area (Å²) >= 11 is 0. The summed E-state index contributed by atoms with van der Waals surface area (Å²) in [5.74, 6) is -2.96. The van der Waals surface area contributed by atoms with Gasteiger partial charge in [0.15, 0.2) is 0 Å². The number of para-hydroxylation sites is 1. The van der Waals surface area contributed by atoms with Crippen molar-refractivity contribution < 1.29 is 37.4 Å². The standard InChI is InChI=1S/C29H35N3O3.C2HF3O2/c1-28(2,3)21-14-16-22(17-15-21)32(27(34)23-12-8-9-13-24(23)35-7)25(20-11-10-18-30-19-20)26(33)31-29(4,5)6;3-2(4,5)1(6)7/h8-19,25H,1-7H3,(H,31,33);(H,6,7). The molecule has 11 heteroatoms. The van der Waals surface area contributed by atoms with Crippen molar-refractivity contribution in [3.63, 3.8) is 0 Å². The van der Waals surface area contributed by atoms with Crippen molar-refractivity contribution >= 4 is 23.5 Å². The lowest BCUT2D eigenvalue weighted by Crippen LogP contribution is -2.49. The number of carboxylic acids is 1. The van der Waals surface area contributed by atoms with Gasteiger partial charge in [-0.3, -0.25) is 19.5 Å². The minimum absolute atomic E-state index is 0.0532. The summed E-state index contributed by atoms with van der Waals surface area (Å²) in [4.78, 5) is 42.5. The average molecular weight is 588 g/mol. The number of carbonyl (C=O) groups is 3. The SMILES string of the molecule is COc1ccccc1C(=O)N(c1ccc(C(C)(C)C)cc1)C(C(=O)NC(C)(C)C)c1cccnc1.O=C(O)C(F)(F)F. The molecule has 1 unspecified atom stereocenters. The van der Waals surface area contributed by atoms with E-state index in [0.29, 0.717) is 22.6 Å². The molecule has 0 aliphatic rings. The van der Waals surface area contributed by atoms with E-state index in [4.69, 9.17) is 14.6 Å². The van der Waals surface area contributed by atoms with Gasteiger partial charge in [-0.25, -0.2) is 4.79 Å². The second kappa shape index (κ2) is 13.5. The van der Waals surface area contributed by atoms with Crippen molar-refractivity contribution in [2.45, 2.75) is 64.7 Å². The van der Waals surface area contributed by atoms with E-state index in [1.165, 1.54) is 12.0 Å². The van der Waals surface area contributed by atoms with Crippen LogP contribution in [-0.4, -0.2) is 46.7 Å². The van der Waals surface area contributed by atoms with Crippen LogP contribution < -0.4 is 15.0 Å². The maximum absolute atomic E-state index is 14.1. The Morgan fingerprint density at radius 2 is 1.48 bits per heavy atom. The number of halogens is 3. The molecule has 1 atom stereocenters. The molecule has 0 aliphatic heterocycles. The normalized spacial score (nSPS) is 12.3. The molecule has 1 heterocycles. The first-order valence-corrected chi connectivity index (χ1v) is 13.0. The van der Waals surface area contributed by atoms with Crippen LogP contribution in [0.25, 0.3) is 0 Å². The lowest BCUT2D eigenvalue weighted by atomic mass is 9.87. The Balaban J connectivity index is 0.000000782. The van der Waals surface area contributed by atoms with Gasteiger partial charge in [0, 0.05) is 29.2 Å². The highest BCUT2D eigenvalue weighted by Gasteiger charge is 2.38. The summed E-state index contributed by atoms with van der Waals surface area (Å²) in [6, 6.07) is 17.5. The van der Waals surface area contributed by atoms with Gasteiger partial charge in [0.1, 0.15) is 11.8 Å². The van der Waals surface area contributed by atoms with Crippen LogP contribution in [0, 0.1) is 0 Å². The number of hydrogen-bond acceptors (Lipinski definition) is 5. The molecule has 0 aliphatic carbocycles. The number of anilines is 1. The van der Waals surface area contributed by atoms with E-state index in [1.54, 1.807) is 36.7 Å². The van der Waals surface area contributed by atoms with Crippen molar-refractivity contribution in [2.24, 2.45) is 0 Å². The fraction of sp³-hybridized carbons (Fsp3) is 0.355. The van der Waals surface area contributed by atoms with Gasteiger partial charge in [0.2, 0.25) is 5.91 Å². The molecule has 1 aromatic heterocycles. The Morgan fingerprint density at radius 3 is 1.93 bits per heavy atom. The molecule has 0 radical (unpaired) electrons. The number of nitrogens with zero attached hydrogens (tertiary/aromatic N) is 2. The number of carboxylic acid groups (broad SMARTS) is 1. The monoisotopic (exact) mass is 587 g/mol. The topological polar surface area (TPSA) is 109 Å². The first kappa shape index (κ1) is 33.8. The molecule has 0 saturated heterocycles. The number of nitrogens with one attached hydrogen (secondary N) is 1. The van der Waals surface area contributed by atoms with Gasteiger partial charge in [-0.1, -0.05) is 51.1 Å². The fourth-order valence-corrected chi connectivity index (χ4v) is 3.85. The van der Waals surface area contributed by atoms with Gasteiger partial charge in [-0.15, -0.1) is 0 Å². The number of carbonyl (C=O) groups excluding carboxylic acids is 2. The number of alkyl halides is 3. The molecule has 42 heavy (non-hydrogen) atoms. The van der Waals surface area contributed by atoms with Crippen LogP contribution in [-0.2, 0) is 15.0 Å². The zero-order valence-corrected chi connectivity index (χ0v) is 24.6.